The summed E-state index contributed by atoms with van der Waals surface area (Å²) >= 11 is 0. The van der Waals surface area contributed by atoms with Crippen LogP contribution < -0.4 is 5.73 Å². The lowest BCUT2D eigenvalue weighted by Gasteiger charge is -2.32. The van der Waals surface area contributed by atoms with Gasteiger partial charge in [-0.25, -0.2) is 4.98 Å². The molecule has 4 rings (SSSR count). The van der Waals surface area contributed by atoms with Crippen molar-refractivity contribution in [2.45, 2.75) is 37.7 Å². The first-order valence-electron chi connectivity index (χ1n) is 9.49. The van der Waals surface area contributed by atoms with E-state index >= 15 is 0 Å². The predicted octanol–water partition coefficient (Wildman–Crippen LogP) is 2.06. The summed E-state index contributed by atoms with van der Waals surface area (Å²) in [6, 6.07) is 9.56. The fraction of sp³-hybridized carbons (Fsp3) is 0.450. The zero-order valence-corrected chi connectivity index (χ0v) is 15.2. The monoisotopic (exact) mass is 368 g/mol. The van der Waals surface area contributed by atoms with E-state index in [1.807, 2.05) is 35.2 Å². The number of ether oxygens (including phenoxy) is 1. The molecule has 0 aliphatic carbocycles. The van der Waals surface area contributed by atoms with Crippen molar-refractivity contribution in [3.63, 3.8) is 0 Å². The Bertz CT molecular complexity index is 819. The zero-order valence-electron chi connectivity index (χ0n) is 15.2. The SMILES string of the molecule is NC(=O)c1[nH]c(C2CCN(C(=O)[C@H]3CCCO3)CC2)nc1-c1ccccc1. The lowest BCUT2D eigenvalue weighted by molar-refractivity contribution is -0.142. The molecule has 0 spiro atoms. The normalized spacial score (nSPS) is 20.7. The maximum absolute atomic E-state index is 12.5. The number of carbonyl (C=O) groups is 2. The van der Waals surface area contributed by atoms with Gasteiger partial charge in [-0.15, -0.1) is 0 Å². The van der Waals surface area contributed by atoms with Gasteiger partial charge in [0.25, 0.3) is 11.8 Å². The zero-order chi connectivity index (χ0) is 18.8. The van der Waals surface area contributed by atoms with Crippen LogP contribution in [-0.4, -0.2) is 52.5 Å². The Kier molecular flexibility index (Phi) is 4.94. The van der Waals surface area contributed by atoms with Crippen LogP contribution in [0.25, 0.3) is 11.3 Å². The topological polar surface area (TPSA) is 101 Å². The number of rotatable bonds is 4. The summed E-state index contributed by atoms with van der Waals surface area (Å²) in [5.74, 6) is 0.535. The van der Waals surface area contributed by atoms with Crippen molar-refractivity contribution < 1.29 is 14.3 Å². The first-order valence-corrected chi connectivity index (χ1v) is 9.49. The number of piperidine rings is 1. The maximum atomic E-state index is 12.5. The van der Waals surface area contributed by atoms with Crippen molar-refractivity contribution in [1.82, 2.24) is 14.9 Å². The highest BCUT2D eigenvalue weighted by atomic mass is 16.5. The molecule has 0 radical (unpaired) electrons. The second-order valence-electron chi connectivity index (χ2n) is 7.18. The van der Waals surface area contributed by atoms with Crippen LogP contribution in [0.5, 0.6) is 0 Å². The number of nitrogens with one attached hydrogen (secondary N) is 1. The highest BCUT2D eigenvalue weighted by molar-refractivity contribution is 5.97. The Hall–Kier alpha value is -2.67. The number of nitrogens with zero attached hydrogens (tertiary/aromatic N) is 2. The number of hydrogen-bond donors (Lipinski definition) is 2. The fourth-order valence-corrected chi connectivity index (χ4v) is 3.92. The summed E-state index contributed by atoms with van der Waals surface area (Å²) in [4.78, 5) is 34.1. The number of aromatic amines is 1. The number of benzene rings is 1. The highest BCUT2D eigenvalue weighted by Crippen LogP contribution is 2.30. The number of amides is 2. The summed E-state index contributed by atoms with van der Waals surface area (Å²) in [7, 11) is 0. The number of likely N-dealkylation sites (tertiary alicyclic amines) is 1. The Morgan fingerprint density at radius 1 is 1.15 bits per heavy atom. The molecule has 2 aromatic rings. The van der Waals surface area contributed by atoms with E-state index in [0.29, 0.717) is 31.1 Å². The minimum Gasteiger partial charge on any atom is -0.368 e. The molecule has 2 saturated heterocycles. The van der Waals surface area contributed by atoms with Crippen molar-refractivity contribution in [2.75, 3.05) is 19.7 Å². The number of hydrogen-bond acceptors (Lipinski definition) is 4. The molecular weight excluding hydrogens is 344 g/mol. The second-order valence-corrected chi connectivity index (χ2v) is 7.18. The maximum Gasteiger partial charge on any atom is 0.267 e. The summed E-state index contributed by atoms with van der Waals surface area (Å²) in [5, 5.41) is 0. The standard InChI is InChI=1S/C20H24N4O3/c21-18(25)17-16(13-5-2-1-3-6-13)22-19(23-17)14-8-10-24(11-9-14)20(26)15-7-4-12-27-15/h1-3,5-6,14-15H,4,7-12H2,(H2,21,25)(H,22,23)/t15-/m1/s1. The molecule has 2 aliphatic rings. The third-order valence-electron chi connectivity index (χ3n) is 5.41. The number of aromatic nitrogens is 2. The Labute approximate surface area is 157 Å². The van der Waals surface area contributed by atoms with E-state index in [1.54, 1.807) is 0 Å². The molecule has 142 valence electrons. The first-order chi connectivity index (χ1) is 13.1. The van der Waals surface area contributed by atoms with E-state index in [-0.39, 0.29) is 17.9 Å². The van der Waals surface area contributed by atoms with Crippen LogP contribution in [0.2, 0.25) is 0 Å². The van der Waals surface area contributed by atoms with Crippen LogP contribution in [-0.2, 0) is 9.53 Å². The average molecular weight is 368 g/mol. The van der Waals surface area contributed by atoms with Gasteiger partial charge in [-0.2, -0.15) is 0 Å². The largest absolute Gasteiger partial charge is 0.368 e. The van der Waals surface area contributed by atoms with Crippen LogP contribution in [0.15, 0.2) is 30.3 Å². The van der Waals surface area contributed by atoms with Crippen LogP contribution in [0.1, 0.15) is 47.9 Å². The molecule has 3 heterocycles. The van der Waals surface area contributed by atoms with Crippen molar-refractivity contribution in [3.05, 3.63) is 41.9 Å². The van der Waals surface area contributed by atoms with Gasteiger partial charge in [-0.05, 0) is 25.7 Å². The molecule has 2 aliphatic heterocycles. The fourth-order valence-electron chi connectivity index (χ4n) is 3.92. The summed E-state index contributed by atoms with van der Waals surface area (Å²) in [6.07, 6.45) is 3.12. The third kappa shape index (κ3) is 3.60. The molecule has 0 bridgehead atoms. The molecule has 1 aromatic heterocycles. The molecule has 27 heavy (non-hydrogen) atoms. The summed E-state index contributed by atoms with van der Waals surface area (Å²) in [6.45, 7) is 2.03. The number of nitrogens with two attached hydrogens (primary N) is 1. The van der Waals surface area contributed by atoms with Gasteiger partial charge in [0.1, 0.15) is 23.3 Å². The van der Waals surface area contributed by atoms with E-state index in [2.05, 4.69) is 9.97 Å². The molecule has 0 unspecified atom stereocenters. The van der Waals surface area contributed by atoms with E-state index in [1.165, 1.54) is 0 Å². The molecule has 7 nitrogen and oxygen atoms in total. The molecule has 2 fully saturated rings. The van der Waals surface area contributed by atoms with Crippen molar-refractivity contribution >= 4 is 11.8 Å². The molecular formula is C20H24N4O3. The number of imidazole rings is 1. The van der Waals surface area contributed by atoms with E-state index in [0.717, 1.165) is 37.1 Å². The summed E-state index contributed by atoms with van der Waals surface area (Å²) in [5.41, 5.74) is 7.35. The Morgan fingerprint density at radius 3 is 2.52 bits per heavy atom. The average Bonchev–Trinajstić information content (AvgIpc) is 3.38. The predicted molar refractivity (Wildman–Crippen MR) is 100 cm³/mol. The molecule has 0 saturated carbocycles. The summed E-state index contributed by atoms with van der Waals surface area (Å²) < 4.78 is 5.51. The van der Waals surface area contributed by atoms with Crippen molar-refractivity contribution in [1.29, 1.82) is 0 Å². The van der Waals surface area contributed by atoms with Gasteiger partial charge in [-0.3, -0.25) is 9.59 Å². The van der Waals surface area contributed by atoms with Gasteiger partial charge in [0.05, 0.1) is 0 Å². The highest BCUT2D eigenvalue weighted by Gasteiger charge is 2.32. The molecule has 1 aromatic carbocycles. The first kappa shape index (κ1) is 17.7. The van der Waals surface area contributed by atoms with Gasteiger partial charge < -0.3 is 20.4 Å². The second kappa shape index (κ2) is 7.52. The molecule has 1 atom stereocenters. The van der Waals surface area contributed by atoms with Crippen molar-refractivity contribution in [2.24, 2.45) is 5.73 Å². The van der Waals surface area contributed by atoms with Gasteiger partial charge in [0.15, 0.2) is 0 Å². The minimum atomic E-state index is -0.515. The van der Waals surface area contributed by atoms with Crippen molar-refractivity contribution in [3.8, 4) is 11.3 Å². The molecule has 2 amide bonds. The Balaban J connectivity index is 1.48. The number of carbonyl (C=O) groups excluding carboxylic acids is 2. The van der Waals surface area contributed by atoms with Crippen LogP contribution in [0.4, 0.5) is 0 Å². The lowest BCUT2D eigenvalue weighted by Crippen LogP contribution is -2.43. The smallest absolute Gasteiger partial charge is 0.267 e. The van der Waals surface area contributed by atoms with Gasteiger partial charge >= 0.3 is 0 Å². The van der Waals surface area contributed by atoms with Gasteiger partial charge in [0, 0.05) is 31.2 Å². The van der Waals surface area contributed by atoms with Crippen LogP contribution >= 0.6 is 0 Å². The molecule has 7 heteroatoms. The number of H-pyrrole nitrogens is 1. The van der Waals surface area contributed by atoms with E-state index < -0.39 is 5.91 Å². The third-order valence-corrected chi connectivity index (χ3v) is 5.41. The van der Waals surface area contributed by atoms with E-state index in [9.17, 15) is 9.59 Å². The minimum absolute atomic E-state index is 0.105. The number of primary amides is 1. The van der Waals surface area contributed by atoms with Gasteiger partial charge in [0.2, 0.25) is 0 Å². The van der Waals surface area contributed by atoms with Gasteiger partial charge in [-0.1, -0.05) is 30.3 Å². The van der Waals surface area contributed by atoms with E-state index in [4.69, 9.17) is 10.5 Å². The Morgan fingerprint density at radius 2 is 1.89 bits per heavy atom. The molecule has 3 N–H and O–H groups in total. The lowest BCUT2D eigenvalue weighted by atomic mass is 9.95. The van der Waals surface area contributed by atoms with Crippen LogP contribution in [0, 0.1) is 0 Å². The van der Waals surface area contributed by atoms with Crippen LogP contribution in [0.3, 0.4) is 0 Å². The quantitative estimate of drug-likeness (QED) is 0.862.